The van der Waals surface area contributed by atoms with Crippen LogP contribution >= 0.6 is 0 Å². The van der Waals surface area contributed by atoms with Gasteiger partial charge in [0.1, 0.15) is 4.90 Å². The van der Waals surface area contributed by atoms with Crippen LogP contribution in [0.4, 0.5) is 4.39 Å². The van der Waals surface area contributed by atoms with Crippen molar-refractivity contribution in [1.82, 2.24) is 0 Å². The first-order valence-corrected chi connectivity index (χ1v) is 6.50. The molecule has 1 aromatic rings. The van der Waals surface area contributed by atoms with Crippen molar-refractivity contribution in [3.8, 4) is 5.75 Å². The molecule has 0 bridgehead atoms. The van der Waals surface area contributed by atoms with Crippen molar-refractivity contribution in [2.75, 3.05) is 13.4 Å². The summed E-state index contributed by atoms with van der Waals surface area (Å²) in [5.74, 6) is -1.00. The van der Waals surface area contributed by atoms with Crippen LogP contribution in [0.1, 0.15) is 18.5 Å². The Morgan fingerprint density at radius 3 is 2.38 bits per heavy atom. The van der Waals surface area contributed by atoms with Gasteiger partial charge >= 0.3 is 0 Å². The molecule has 1 aromatic carbocycles. The maximum atomic E-state index is 13.8. The second kappa shape index (κ2) is 4.39. The van der Waals surface area contributed by atoms with Crippen LogP contribution in [0.15, 0.2) is 17.0 Å². The zero-order valence-corrected chi connectivity index (χ0v) is 10.1. The standard InChI is InChI=1S/C10H14FNO3S/c1-6(12)7-4-5-8(16(3,13)14)9(11)10(7)15-2/h4-6H,12H2,1-3H3. The van der Waals surface area contributed by atoms with E-state index in [1.165, 1.54) is 19.2 Å². The quantitative estimate of drug-likeness (QED) is 0.873. The molecular weight excluding hydrogens is 233 g/mol. The highest BCUT2D eigenvalue weighted by molar-refractivity contribution is 7.90. The number of rotatable bonds is 3. The fourth-order valence-electron chi connectivity index (χ4n) is 1.41. The average Bonchev–Trinajstić information content (AvgIpc) is 2.14. The van der Waals surface area contributed by atoms with E-state index in [1.807, 2.05) is 0 Å². The molecule has 0 saturated carbocycles. The van der Waals surface area contributed by atoms with Crippen molar-refractivity contribution < 1.29 is 17.5 Å². The first-order chi connectivity index (χ1) is 7.29. The summed E-state index contributed by atoms with van der Waals surface area (Å²) in [6, 6.07) is 2.23. The molecule has 4 nitrogen and oxygen atoms in total. The summed E-state index contributed by atoms with van der Waals surface area (Å²) in [6.07, 6.45) is 0.941. The van der Waals surface area contributed by atoms with Crippen LogP contribution < -0.4 is 10.5 Å². The van der Waals surface area contributed by atoms with E-state index in [0.29, 0.717) is 5.56 Å². The SMILES string of the molecule is COc1c(C(C)N)ccc(S(C)(=O)=O)c1F. The third-order valence-electron chi connectivity index (χ3n) is 2.19. The van der Waals surface area contributed by atoms with E-state index in [9.17, 15) is 12.8 Å². The van der Waals surface area contributed by atoms with Crippen molar-refractivity contribution in [3.63, 3.8) is 0 Å². The first-order valence-electron chi connectivity index (χ1n) is 4.61. The Balaban J connectivity index is 3.53. The second-order valence-electron chi connectivity index (χ2n) is 3.56. The Bertz CT molecular complexity index is 497. The molecule has 2 N–H and O–H groups in total. The molecule has 0 fully saturated rings. The fraction of sp³-hybridized carbons (Fsp3) is 0.400. The van der Waals surface area contributed by atoms with E-state index < -0.39 is 21.7 Å². The van der Waals surface area contributed by atoms with E-state index in [2.05, 4.69) is 0 Å². The number of halogens is 1. The van der Waals surface area contributed by atoms with Crippen molar-refractivity contribution in [2.45, 2.75) is 17.9 Å². The maximum absolute atomic E-state index is 13.8. The number of methoxy groups -OCH3 is 1. The highest BCUT2D eigenvalue weighted by Gasteiger charge is 2.21. The number of ether oxygens (including phenoxy) is 1. The first kappa shape index (κ1) is 12.9. The number of hydrogen-bond acceptors (Lipinski definition) is 4. The van der Waals surface area contributed by atoms with Crippen LogP contribution in [0.3, 0.4) is 0 Å². The predicted molar refractivity (Wildman–Crippen MR) is 58.7 cm³/mol. The number of hydrogen-bond donors (Lipinski definition) is 1. The van der Waals surface area contributed by atoms with E-state index in [4.69, 9.17) is 10.5 Å². The van der Waals surface area contributed by atoms with Gasteiger partial charge in [0.2, 0.25) is 0 Å². The fourth-order valence-corrected chi connectivity index (χ4v) is 2.14. The molecule has 1 atom stereocenters. The highest BCUT2D eigenvalue weighted by atomic mass is 32.2. The predicted octanol–water partition coefficient (Wildman–Crippen LogP) is 1.26. The van der Waals surface area contributed by atoms with Crippen molar-refractivity contribution >= 4 is 9.84 Å². The monoisotopic (exact) mass is 247 g/mol. The molecule has 90 valence electrons. The number of sulfone groups is 1. The van der Waals surface area contributed by atoms with Crippen LogP contribution in [0, 0.1) is 5.82 Å². The van der Waals surface area contributed by atoms with Gasteiger partial charge in [0, 0.05) is 17.9 Å². The van der Waals surface area contributed by atoms with Gasteiger partial charge in [-0.2, -0.15) is 0 Å². The van der Waals surface area contributed by atoms with Crippen LogP contribution in [0.25, 0.3) is 0 Å². The molecule has 0 saturated heterocycles. The third-order valence-corrected chi connectivity index (χ3v) is 3.30. The van der Waals surface area contributed by atoms with E-state index in [0.717, 1.165) is 6.26 Å². The Morgan fingerprint density at radius 2 is 2.00 bits per heavy atom. The summed E-state index contributed by atoms with van der Waals surface area (Å²) in [4.78, 5) is -0.381. The molecule has 16 heavy (non-hydrogen) atoms. The van der Waals surface area contributed by atoms with E-state index in [1.54, 1.807) is 6.92 Å². The molecular formula is C10H14FNO3S. The summed E-state index contributed by atoms with van der Waals surface area (Å²) in [5.41, 5.74) is 6.06. The molecule has 1 unspecified atom stereocenters. The largest absolute Gasteiger partial charge is 0.493 e. The minimum absolute atomic E-state index is 0.113. The zero-order chi connectivity index (χ0) is 12.5. The van der Waals surface area contributed by atoms with Crippen molar-refractivity contribution in [3.05, 3.63) is 23.5 Å². The summed E-state index contributed by atoms with van der Waals surface area (Å²) < 4.78 is 41.2. The van der Waals surface area contributed by atoms with Crippen LogP contribution in [-0.2, 0) is 9.84 Å². The van der Waals surface area contributed by atoms with E-state index >= 15 is 0 Å². The van der Waals surface area contributed by atoms with Gasteiger partial charge in [-0.15, -0.1) is 0 Å². The van der Waals surface area contributed by atoms with E-state index in [-0.39, 0.29) is 10.6 Å². The van der Waals surface area contributed by atoms with Crippen LogP contribution in [-0.4, -0.2) is 21.8 Å². The van der Waals surface area contributed by atoms with Crippen LogP contribution in [0.5, 0.6) is 5.75 Å². The van der Waals surface area contributed by atoms with Gasteiger partial charge in [0.15, 0.2) is 21.4 Å². The van der Waals surface area contributed by atoms with Crippen molar-refractivity contribution in [2.24, 2.45) is 5.73 Å². The van der Waals surface area contributed by atoms with Gasteiger partial charge in [-0.25, -0.2) is 12.8 Å². The Hall–Kier alpha value is -1.14. The van der Waals surface area contributed by atoms with Gasteiger partial charge < -0.3 is 10.5 Å². The molecule has 0 amide bonds. The topological polar surface area (TPSA) is 69.4 Å². The molecule has 0 spiro atoms. The molecule has 0 radical (unpaired) electrons. The lowest BCUT2D eigenvalue weighted by molar-refractivity contribution is 0.373. The lowest BCUT2D eigenvalue weighted by Gasteiger charge is -2.14. The van der Waals surface area contributed by atoms with Gasteiger partial charge in [-0.05, 0) is 13.0 Å². The molecule has 0 heterocycles. The van der Waals surface area contributed by atoms with Gasteiger partial charge in [0.25, 0.3) is 0 Å². The van der Waals surface area contributed by atoms with Gasteiger partial charge in [-0.1, -0.05) is 6.07 Å². The molecule has 6 heteroatoms. The minimum atomic E-state index is -3.60. The minimum Gasteiger partial charge on any atom is -0.493 e. The third kappa shape index (κ3) is 2.33. The Kier molecular flexibility index (Phi) is 3.54. The Morgan fingerprint density at radius 1 is 1.44 bits per heavy atom. The maximum Gasteiger partial charge on any atom is 0.183 e. The zero-order valence-electron chi connectivity index (χ0n) is 9.32. The van der Waals surface area contributed by atoms with Gasteiger partial charge in [0.05, 0.1) is 7.11 Å². The van der Waals surface area contributed by atoms with Crippen molar-refractivity contribution in [1.29, 1.82) is 0 Å². The number of benzene rings is 1. The van der Waals surface area contributed by atoms with Gasteiger partial charge in [-0.3, -0.25) is 0 Å². The lowest BCUT2D eigenvalue weighted by Crippen LogP contribution is -2.10. The molecule has 1 rings (SSSR count). The lowest BCUT2D eigenvalue weighted by atomic mass is 10.1. The summed E-state index contributed by atoms with van der Waals surface area (Å²) in [6.45, 7) is 1.66. The average molecular weight is 247 g/mol. The molecule has 0 aliphatic rings. The highest BCUT2D eigenvalue weighted by Crippen LogP contribution is 2.31. The normalized spacial score (nSPS) is 13.6. The summed E-state index contributed by atoms with van der Waals surface area (Å²) in [7, 11) is -2.33. The molecule has 0 aliphatic carbocycles. The number of nitrogens with two attached hydrogens (primary N) is 1. The molecule has 0 aliphatic heterocycles. The van der Waals surface area contributed by atoms with Crippen LogP contribution in [0.2, 0.25) is 0 Å². The summed E-state index contributed by atoms with van der Waals surface area (Å²) >= 11 is 0. The molecule has 0 aromatic heterocycles. The second-order valence-corrected chi connectivity index (χ2v) is 5.55. The smallest absolute Gasteiger partial charge is 0.183 e. The summed E-state index contributed by atoms with van der Waals surface area (Å²) in [5, 5.41) is 0. The Labute approximate surface area is 94.1 Å².